The smallest absolute Gasteiger partial charge is 0.0374 e. The molecule has 0 atom stereocenters. The normalized spacial score (nSPS) is 9.71. The molecular weight excluding hydrogens is 170 g/mol. The molecule has 1 heteroatoms. The van der Waals surface area contributed by atoms with Gasteiger partial charge in [-0.05, 0) is 44.9 Å². The Morgan fingerprint density at radius 1 is 1.29 bits per heavy atom. The second-order valence-corrected chi connectivity index (χ2v) is 3.98. The van der Waals surface area contributed by atoms with Crippen LogP contribution in [0, 0.1) is 13.8 Å². The second-order valence-electron chi connectivity index (χ2n) is 3.98. The molecule has 1 rings (SSSR count). The number of hydrogen-bond donors (Lipinski definition) is 1. The number of rotatable bonds is 3. The molecule has 0 radical (unpaired) electrons. The van der Waals surface area contributed by atoms with Crippen molar-refractivity contribution in [2.24, 2.45) is 0 Å². The first-order valence-corrected chi connectivity index (χ1v) is 5.04. The Morgan fingerprint density at radius 2 is 2.00 bits per heavy atom. The topological polar surface area (TPSA) is 12.0 Å². The molecule has 0 fully saturated rings. The zero-order valence-corrected chi connectivity index (χ0v) is 9.52. The van der Waals surface area contributed by atoms with E-state index in [0.29, 0.717) is 0 Å². The minimum Gasteiger partial charge on any atom is -0.381 e. The van der Waals surface area contributed by atoms with Crippen LogP contribution in [0.3, 0.4) is 0 Å². The summed E-state index contributed by atoms with van der Waals surface area (Å²) in [6.07, 6.45) is 2.20. The van der Waals surface area contributed by atoms with E-state index in [4.69, 9.17) is 0 Å². The number of nitrogens with one attached hydrogen (secondary N) is 1. The highest BCUT2D eigenvalue weighted by atomic mass is 14.9. The van der Waals surface area contributed by atoms with Gasteiger partial charge in [-0.1, -0.05) is 23.8 Å². The Labute approximate surface area is 86.8 Å². The SMILES string of the molecule is CC(C)=CCNc1cc(C)ccc1C. The zero-order valence-electron chi connectivity index (χ0n) is 9.52. The zero-order chi connectivity index (χ0) is 10.6. The minimum atomic E-state index is 0.909. The van der Waals surface area contributed by atoms with Gasteiger partial charge in [0.1, 0.15) is 0 Å². The summed E-state index contributed by atoms with van der Waals surface area (Å²) in [5, 5.41) is 3.41. The molecule has 0 aliphatic rings. The van der Waals surface area contributed by atoms with E-state index < -0.39 is 0 Å². The number of allylic oxidation sites excluding steroid dienone is 1. The van der Waals surface area contributed by atoms with Crippen LogP contribution in [-0.2, 0) is 0 Å². The predicted molar refractivity (Wildman–Crippen MR) is 63.8 cm³/mol. The van der Waals surface area contributed by atoms with Gasteiger partial charge in [-0.2, -0.15) is 0 Å². The van der Waals surface area contributed by atoms with E-state index in [1.807, 2.05) is 0 Å². The highest BCUT2D eigenvalue weighted by Gasteiger charge is 1.95. The summed E-state index contributed by atoms with van der Waals surface area (Å²) in [5.41, 5.74) is 5.19. The molecule has 0 heterocycles. The third kappa shape index (κ3) is 3.25. The summed E-state index contributed by atoms with van der Waals surface area (Å²) < 4.78 is 0. The van der Waals surface area contributed by atoms with Gasteiger partial charge in [-0.3, -0.25) is 0 Å². The van der Waals surface area contributed by atoms with Gasteiger partial charge in [-0.15, -0.1) is 0 Å². The average Bonchev–Trinajstić information content (AvgIpc) is 2.10. The summed E-state index contributed by atoms with van der Waals surface area (Å²) >= 11 is 0. The van der Waals surface area contributed by atoms with Crippen molar-refractivity contribution in [3.63, 3.8) is 0 Å². The van der Waals surface area contributed by atoms with Gasteiger partial charge in [0.15, 0.2) is 0 Å². The number of aryl methyl sites for hydroxylation is 2. The second kappa shape index (κ2) is 4.85. The third-order valence-electron chi connectivity index (χ3n) is 2.20. The van der Waals surface area contributed by atoms with Gasteiger partial charge in [0, 0.05) is 12.2 Å². The molecule has 1 aromatic rings. The van der Waals surface area contributed by atoms with Crippen LogP contribution in [0.2, 0.25) is 0 Å². The first-order valence-electron chi connectivity index (χ1n) is 5.04. The van der Waals surface area contributed by atoms with Crippen molar-refractivity contribution in [2.45, 2.75) is 27.7 Å². The Kier molecular flexibility index (Phi) is 3.75. The van der Waals surface area contributed by atoms with Crippen LogP contribution in [0.1, 0.15) is 25.0 Å². The third-order valence-corrected chi connectivity index (χ3v) is 2.20. The van der Waals surface area contributed by atoms with E-state index in [2.05, 4.69) is 57.3 Å². The first kappa shape index (κ1) is 10.8. The Morgan fingerprint density at radius 3 is 2.64 bits per heavy atom. The van der Waals surface area contributed by atoms with E-state index in [9.17, 15) is 0 Å². The monoisotopic (exact) mass is 189 g/mol. The molecule has 0 aliphatic carbocycles. The van der Waals surface area contributed by atoms with E-state index in [0.717, 1.165) is 6.54 Å². The lowest BCUT2D eigenvalue weighted by Crippen LogP contribution is -2.00. The molecule has 1 aromatic carbocycles. The molecule has 0 amide bonds. The Bertz CT molecular complexity index is 333. The summed E-state index contributed by atoms with van der Waals surface area (Å²) in [5.74, 6) is 0. The van der Waals surface area contributed by atoms with Crippen LogP contribution in [0.15, 0.2) is 29.8 Å². The summed E-state index contributed by atoms with van der Waals surface area (Å²) in [6, 6.07) is 6.48. The molecule has 0 unspecified atom stereocenters. The molecule has 14 heavy (non-hydrogen) atoms. The molecule has 0 saturated carbocycles. The number of benzene rings is 1. The maximum absolute atomic E-state index is 3.41. The highest BCUT2D eigenvalue weighted by molar-refractivity contribution is 5.52. The van der Waals surface area contributed by atoms with Crippen molar-refractivity contribution < 1.29 is 0 Å². The largest absolute Gasteiger partial charge is 0.381 e. The van der Waals surface area contributed by atoms with Crippen LogP contribution < -0.4 is 5.32 Å². The molecule has 0 aliphatic heterocycles. The summed E-state index contributed by atoms with van der Waals surface area (Å²) in [6.45, 7) is 9.39. The van der Waals surface area contributed by atoms with Gasteiger partial charge in [0.05, 0.1) is 0 Å². The van der Waals surface area contributed by atoms with Crippen LogP contribution in [0.5, 0.6) is 0 Å². The van der Waals surface area contributed by atoms with Crippen LogP contribution in [0.4, 0.5) is 5.69 Å². The molecule has 1 N–H and O–H groups in total. The Hall–Kier alpha value is -1.24. The fraction of sp³-hybridized carbons (Fsp3) is 0.385. The summed E-state index contributed by atoms with van der Waals surface area (Å²) in [7, 11) is 0. The van der Waals surface area contributed by atoms with Crippen molar-refractivity contribution >= 4 is 5.69 Å². The molecule has 0 bridgehead atoms. The summed E-state index contributed by atoms with van der Waals surface area (Å²) in [4.78, 5) is 0. The van der Waals surface area contributed by atoms with E-state index >= 15 is 0 Å². The van der Waals surface area contributed by atoms with Crippen molar-refractivity contribution in [1.82, 2.24) is 0 Å². The Balaban J connectivity index is 2.67. The minimum absolute atomic E-state index is 0.909. The molecule has 1 nitrogen and oxygen atoms in total. The molecule has 0 saturated heterocycles. The lowest BCUT2D eigenvalue weighted by atomic mass is 10.1. The van der Waals surface area contributed by atoms with Gasteiger partial charge in [0.25, 0.3) is 0 Å². The molecule has 76 valence electrons. The van der Waals surface area contributed by atoms with Gasteiger partial charge in [-0.25, -0.2) is 0 Å². The van der Waals surface area contributed by atoms with E-state index in [-0.39, 0.29) is 0 Å². The van der Waals surface area contributed by atoms with Crippen LogP contribution in [-0.4, -0.2) is 6.54 Å². The molecule has 0 spiro atoms. The molecular formula is C13H19N. The van der Waals surface area contributed by atoms with Crippen molar-refractivity contribution in [3.05, 3.63) is 41.0 Å². The maximum atomic E-state index is 3.41. The van der Waals surface area contributed by atoms with E-state index in [1.54, 1.807) is 0 Å². The fourth-order valence-electron chi connectivity index (χ4n) is 1.29. The van der Waals surface area contributed by atoms with Gasteiger partial charge >= 0.3 is 0 Å². The quantitative estimate of drug-likeness (QED) is 0.715. The average molecular weight is 189 g/mol. The molecule has 0 aromatic heterocycles. The lowest BCUT2D eigenvalue weighted by Gasteiger charge is -2.08. The van der Waals surface area contributed by atoms with E-state index in [1.165, 1.54) is 22.4 Å². The van der Waals surface area contributed by atoms with Gasteiger partial charge < -0.3 is 5.32 Å². The lowest BCUT2D eigenvalue weighted by molar-refractivity contribution is 1.24. The number of hydrogen-bond acceptors (Lipinski definition) is 1. The van der Waals surface area contributed by atoms with Crippen LogP contribution >= 0.6 is 0 Å². The van der Waals surface area contributed by atoms with Crippen LogP contribution in [0.25, 0.3) is 0 Å². The number of anilines is 1. The predicted octanol–water partition coefficient (Wildman–Crippen LogP) is 3.68. The van der Waals surface area contributed by atoms with Crippen molar-refractivity contribution in [2.75, 3.05) is 11.9 Å². The van der Waals surface area contributed by atoms with Crippen molar-refractivity contribution in [1.29, 1.82) is 0 Å². The highest BCUT2D eigenvalue weighted by Crippen LogP contribution is 2.15. The standard InChI is InChI=1S/C13H19N/c1-10(2)7-8-14-13-9-11(3)5-6-12(13)4/h5-7,9,14H,8H2,1-4H3. The maximum Gasteiger partial charge on any atom is 0.0374 e. The first-order chi connectivity index (χ1) is 6.59. The fourth-order valence-corrected chi connectivity index (χ4v) is 1.29. The van der Waals surface area contributed by atoms with Gasteiger partial charge in [0.2, 0.25) is 0 Å². The van der Waals surface area contributed by atoms with Crippen molar-refractivity contribution in [3.8, 4) is 0 Å².